The van der Waals surface area contributed by atoms with Crippen LogP contribution in [0.25, 0.3) is 10.2 Å². The topological polar surface area (TPSA) is 74.8 Å². The van der Waals surface area contributed by atoms with Crippen molar-refractivity contribution in [2.75, 3.05) is 11.4 Å². The van der Waals surface area contributed by atoms with Crippen molar-refractivity contribution < 1.29 is 4.79 Å². The summed E-state index contributed by atoms with van der Waals surface area (Å²) in [6.45, 7) is 3.35. The number of hydrogen-bond acceptors (Lipinski definition) is 5. The largest absolute Gasteiger partial charge is 0.337 e. The maximum atomic E-state index is 13.3. The van der Waals surface area contributed by atoms with E-state index < -0.39 is 0 Å². The van der Waals surface area contributed by atoms with Crippen molar-refractivity contribution in [3.05, 3.63) is 77.9 Å². The van der Waals surface area contributed by atoms with Gasteiger partial charge in [-0.3, -0.25) is 9.69 Å². The summed E-state index contributed by atoms with van der Waals surface area (Å²) in [5, 5.41) is 9.69. The minimum atomic E-state index is -0.115. The standard InChI is InChI=1S/C22H19N5OS.ClH/c1-16-3-8-19-20(13-16)29-22(25-19)27(11-2-10-26-12-9-24-15-26)21(28)18-6-4-17(14-23)5-7-18;/h3-9,12-13,15H,2,10-11H2,1H3;1H. The number of rotatable bonds is 6. The molecule has 0 aliphatic rings. The first-order valence-corrected chi connectivity index (χ1v) is 10.1. The van der Waals surface area contributed by atoms with E-state index in [9.17, 15) is 4.79 Å². The molecular formula is C22H20ClN5OS. The second kappa shape index (κ2) is 9.53. The van der Waals surface area contributed by atoms with Crippen molar-refractivity contribution in [1.82, 2.24) is 14.5 Å². The Labute approximate surface area is 184 Å². The number of amides is 1. The monoisotopic (exact) mass is 437 g/mol. The number of nitrogens with zero attached hydrogens (tertiary/aromatic N) is 5. The molecule has 152 valence electrons. The number of thiazole rings is 1. The number of aryl methyl sites for hydroxylation is 2. The Morgan fingerprint density at radius 1 is 1.23 bits per heavy atom. The minimum absolute atomic E-state index is 0. The van der Waals surface area contributed by atoms with Gasteiger partial charge in [0.25, 0.3) is 5.91 Å². The molecule has 4 rings (SSSR count). The summed E-state index contributed by atoms with van der Waals surface area (Å²) in [6.07, 6.45) is 6.20. The molecule has 0 fully saturated rings. The quantitative estimate of drug-likeness (QED) is 0.433. The van der Waals surface area contributed by atoms with Crippen LogP contribution in [0.3, 0.4) is 0 Å². The summed E-state index contributed by atoms with van der Waals surface area (Å²) in [5.74, 6) is -0.115. The van der Waals surface area contributed by atoms with Gasteiger partial charge in [0.1, 0.15) is 0 Å². The molecule has 1 amide bonds. The molecule has 30 heavy (non-hydrogen) atoms. The molecular weight excluding hydrogens is 418 g/mol. The summed E-state index contributed by atoms with van der Waals surface area (Å²) in [4.78, 5) is 23.8. The molecule has 0 saturated heterocycles. The normalized spacial score (nSPS) is 10.4. The maximum Gasteiger partial charge on any atom is 0.260 e. The van der Waals surface area contributed by atoms with Crippen LogP contribution in [0.1, 0.15) is 27.9 Å². The number of hydrogen-bond donors (Lipinski definition) is 0. The molecule has 0 aliphatic carbocycles. The Bertz CT molecular complexity index is 1180. The lowest BCUT2D eigenvalue weighted by atomic mass is 10.1. The predicted octanol–water partition coefficient (Wildman–Crippen LogP) is 4.83. The zero-order chi connectivity index (χ0) is 20.2. The fourth-order valence-electron chi connectivity index (χ4n) is 3.09. The Morgan fingerprint density at radius 3 is 2.73 bits per heavy atom. The molecule has 0 radical (unpaired) electrons. The number of anilines is 1. The summed E-state index contributed by atoms with van der Waals surface area (Å²) >= 11 is 1.52. The van der Waals surface area contributed by atoms with Crippen molar-refractivity contribution in [2.45, 2.75) is 19.9 Å². The average molecular weight is 438 g/mol. The predicted molar refractivity (Wildman–Crippen MR) is 121 cm³/mol. The second-order valence-corrected chi connectivity index (χ2v) is 7.78. The van der Waals surface area contributed by atoms with Crippen LogP contribution in [-0.2, 0) is 6.54 Å². The highest BCUT2D eigenvalue weighted by atomic mass is 35.5. The Morgan fingerprint density at radius 2 is 2.03 bits per heavy atom. The number of benzene rings is 2. The van der Waals surface area contributed by atoms with Gasteiger partial charge in [-0.1, -0.05) is 17.4 Å². The average Bonchev–Trinajstić information content (AvgIpc) is 3.40. The zero-order valence-electron chi connectivity index (χ0n) is 16.4. The maximum absolute atomic E-state index is 13.3. The van der Waals surface area contributed by atoms with E-state index in [-0.39, 0.29) is 18.3 Å². The van der Waals surface area contributed by atoms with E-state index >= 15 is 0 Å². The van der Waals surface area contributed by atoms with Crippen LogP contribution in [0, 0.1) is 18.3 Å². The molecule has 6 nitrogen and oxygen atoms in total. The number of nitriles is 1. The first-order chi connectivity index (χ1) is 14.1. The number of fused-ring (bicyclic) bond motifs is 1. The van der Waals surface area contributed by atoms with E-state index in [1.54, 1.807) is 41.7 Å². The van der Waals surface area contributed by atoms with E-state index in [4.69, 9.17) is 10.2 Å². The Hall–Kier alpha value is -3.21. The van der Waals surface area contributed by atoms with Crippen LogP contribution in [0.5, 0.6) is 0 Å². The van der Waals surface area contributed by atoms with Gasteiger partial charge in [-0.25, -0.2) is 9.97 Å². The minimum Gasteiger partial charge on any atom is -0.337 e. The van der Waals surface area contributed by atoms with E-state index in [0.717, 1.165) is 28.7 Å². The summed E-state index contributed by atoms with van der Waals surface area (Å²) in [5.41, 5.74) is 3.13. The van der Waals surface area contributed by atoms with Crippen LogP contribution < -0.4 is 4.90 Å². The molecule has 2 heterocycles. The van der Waals surface area contributed by atoms with Gasteiger partial charge in [-0.2, -0.15) is 5.26 Å². The Kier molecular flexibility index (Phi) is 6.83. The highest BCUT2D eigenvalue weighted by Gasteiger charge is 2.21. The van der Waals surface area contributed by atoms with Crippen LogP contribution in [0.15, 0.2) is 61.2 Å². The van der Waals surface area contributed by atoms with Gasteiger partial charge in [0.05, 0.1) is 28.2 Å². The first-order valence-electron chi connectivity index (χ1n) is 9.29. The molecule has 8 heteroatoms. The molecule has 0 unspecified atom stereocenters. The summed E-state index contributed by atoms with van der Waals surface area (Å²) < 4.78 is 3.05. The van der Waals surface area contributed by atoms with Crippen molar-refractivity contribution in [2.24, 2.45) is 0 Å². The van der Waals surface area contributed by atoms with Crippen molar-refractivity contribution >= 4 is 45.0 Å². The van der Waals surface area contributed by atoms with Gasteiger partial charge < -0.3 is 4.57 Å². The smallest absolute Gasteiger partial charge is 0.260 e. The SMILES string of the molecule is Cc1ccc2nc(N(CCCn3ccnc3)C(=O)c3ccc(C#N)cc3)sc2c1.Cl. The summed E-state index contributed by atoms with van der Waals surface area (Å²) in [6, 6.07) is 14.9. The van der Waals surface area contributed by atoms with Crippen molar-refractivity contribution in [1.29, 1.82) is 5.26 Å². The summed E-state index contributed by atoms with van der Waals surface area (Å²) in [7, 11) is 0. The molecule has 0 atom stereocenters. The van der Waals surface area contributed by atoms with Gasteiger partial charge in [-0.15, -0.1) is 12.4 Å². The van der Waals surface area contributed by atoms with Crippen molar-refractivity contribution in [3.8, 4) is 6.07 Å². The molecule has 4 aromatic rings. The molecule has 0 saturated carbocycles. The third-order valence-corrected chi connectivity index (χ3v) is 5.67. The number of aromatic nitrogens is 3. The lowest BCUT2D eigenvalue weighted by Gasteiger charge is -2.20. The third kappa shape index (κ3) is 4.67. The number of carbonyl (C=O) groups is 1. The number of halogens is 1. The van der Waals surface area contributed by atoms with E-state index in [2.05, 4.69) is 17.1 Å². The highest BCUT2D eigenvalue weighted by molar-refractivity contribution is 7.22. The molecule has 0 N–H and O–H groups in total. The van der Waals surface area contributed by atoms with Crippen LogP contribution in [0.2, 0.25) is 0 Å². The van der Waals surface area contributed by atoms with Crippen LogP contribution >= 0.6 is 23.7 Å². The van der Waals surface area contributed by atoms with Gasteiger partial charge in [-0.05, 0) is 55.3 Å². The van der Waals surface area contributed by atoms with E-state index in [1.165, 1.54) is 11.3 Å². The number of carbonyl (C=O) groups excluding carboxylic acids is 1. The molecule has 0 aliphatic heterocycles. The van der Waals surface area contributed by atoms with Gasteiger partial charge in [0, 0.05) is 31.0 Å². The lowest BCUT2D eigenvalue weighted by Crippen LogP contribution is -2.32. The second-order valence-electron chi connectivity index (χ2n) is 6.77. The van der Waals surface area contributed by atoms with E-state index in [1.807, 2.05) is 29.8 Å². The van der Waals surface area contributed by atoms with Crippen molar-refractivity contribution in [3.63, 3.8) is 0 Å². The fourth-order valence-corrected chi connectivity index (χ4v) is 4.18. The first kappa shape index (κ1) is 21.5. The van der Waals surface area contributed by atoms with Gasteiger partial charge in [0.2, 0.25) is 0 Å². The molecule has 0 bridgehead atoms. The molecule has 0 spiro atoms. The third-order valence-electron chi connectivity index (χ3n) is 4.63. The van der Waals surface area contributed by atoms with Gasteiger partial charge >= 0.3 is 0 Å². The fraction of sp³-hybridized carbons (Fsp3) is 0.182. The zero-order valence-corrected chi connectivity index (χ0v) is 18.0. The highest BCUT2D eigenvalue weighted by Crippen LogP contribution is 2.30. The van der Waals surface area contributed by atoms with Gasteiger partial charge in [0.15, 0.2) is 5.13 Å². The molecule has 2 aromatic heterocycles. The van der Waals surface area contributed by atoms with E-state index in [0.29, 0.717) is 22.8 Å². The Balaban J connectivity index is 0.00000256. The lowest BCUT2D eigenvalue weighted by molar-refractivity contribution is 0.0986. The number of imidazole rings is 1. The molecule has 2 aromatic carbocycles. The van der Waals surface area contributed by atoms with Crippen LogP contribution in [-0.4, -0.2) is 27.0 Å². The van der Waals surface area contributed by atoms with Crippen LogP contribution in [0.4, 0.5) is 5.13 Å².